The van der Waals surface area contributed by atoms with E-state index in [2.05, 4.69) is 5.32 Å². The van der Waals surface area contributed by atoms with Crippen molar-refractivity contribution in [3.63, 3.8) is 0 Å². The maximum atomic E-state index is 12.8. The number of rotatable bonds is 8. The van der Waals surface area contributed by atoms with Gasteiger partial charge in [0.15, 0.2) is 6.61 Å². The number of carbonyl (C=O) groups is 1. The zero-order chi connectivity index (χ0) is 24.1. The van der Waals surface area contributed by atoms with E-state index >= 15 is 0 Å². The predicted molar refractivity (Wildman–Crippen MR) is 127 cm³/mol. The fourth-order valence-electron chi connectivity index (χ4n) is 3.23. The molecule has 0 fully saturated rings. The van der Waals surface area contributed by atoms with Crippen LogP contribution in [0.15, 0.2) is 76.1 Å². The van der Waals surface area contributed by atoms with Gasteiger partial charge in [-0.2, -0.15) is 0 Å². The fraction of sp³-hybridized carbons (Fsp3) is 0.154. The van der Waals surface area contributed by atoms with Gasteiger partial charge in [-0.1, -0.05) is 17.7 Å². The number of hydrogen-bond donors (Lipinski definition) is 1. The molecule has 0 saturated carbocycles. The summed E-state index contributed by atoms with van der Waals surface area (Å²) in [5.41, 5.74) is 1.55. The van der Waals surface area contributed by atoms with Crippen molar-refractivity contribution in [2.75, 3.05) is 26.1 Å². The van der Waals surface area contributed by atoms with Crippen molar-refractivity contribution in [1.82, 2.24) is 0 Å². The van der Waals surface area contributed by atoms with E-state index in [-0.39, 0.29) is 17.8 Å². The molecule has 3 aromatic carbocycles. The minimum atomic E-state index is -0.394. The van der Waals surface area contributed by atoms with Crippen LogP contribution in [-0.2, 0) is 4.79 Å². The van der Waals surface area contributed by atoms with Gasteiger partial charge in [-0.05, 0) is 43.3 Å². The lowest BCUT2D eigenvalue weighted by atomic mass is 10.2. The second kappa shape index (κ2) is 9.99. The monoisotopic (exact) mass is 461 g/mol. The number of carbonyl (C=O) groups excluding carboxylic acids is 1. The summed E-state index contributed by atoms with van der Waals surface area (Å²) in [6, 6.07) is 17.1. The van der Waals surface area contributed by atoms with E-state index < -0.39 is 5.91 Å². The van der Waals surface area contributed by atoms with Crippen LogP contribution < -0.4 is 29.7 Å². The molecule has 8 nitrogen and oxygen atoms in total. The number of anilines is 1. The van der Waals surface area contributed by atoms with Crippen LogP contribution in [0.2, 0.25) is 0 Å². The van der Waals surface area contributed by atoms with Gasteiger partial charge in [0.1, 0.15) is 34.8 Å². The van der Waals surface area contributed by atoms with E-state index in [0.717, 1.165) is 5.56 Å². The number of ether oxygens (including phenoxy) is 4. The topological polar surface area (TPSA) is 96.2 Å². The van der Waals surface area contributed by atoms with Gasteiger partial charge in [0.2, 0.25) is 11.2 Å². The molecule has 0 radical (unpaired) electrons. The molecule has 4 aromatic rings. The largest absolute Gasteiger partial charge is 0.497 e. The third-order valence-corrected chi connectivity index (χ3v) is 5.01. The van der Waals surface area contributed by atoms with Crippen LogP contribution in [0.1, 0.15) is 5.56 Å². The third-order valence-electron chi connectivity index (χ3n) is 5.01. The number of fused-ring (bicyclic) bond motifs is 1. The summed E-state index contributed by atoms with van der Waals surface area (Å²) in [6.07, 6.45) is 1.26. The van der Waals surface area contributed by atoms with Gasteiger partial charge < -0.3 is 28.7 Å². The molecule has 0 saturated heterocycles. The molecule has 0 bridgehead atoms. The quantitative estimate of drug-likeness (QED) is 0.397. The molecule has 174 valence electrons. The molecule has 0 aliphatic heterocycles. The van der Waals surface area contributed by atoms with Crippen molar-refractivity contribution in [2.24, 2.45) is 0 Å². The number of amides is 1. The highest BCUT2D eigenvalue weighted by Gasteiger charge is 2.13. The summed E-state index contributed by atoms with van der Waals surface area (Å²) in [7, 11) is 3.04. The Kier molecular flexibility index (Phi) is 6.68. The Balaban J connectivity index is 1.44. The van der Waals surface area contributed by atoms with E-state index in [4.69, 9.17) is 23.4 Å². The van der Waals surface area contributed by atoms with Crippen molar-refractivity contribution < 1.29 is 28.2 Å². The van der Waals surface area contributed by atoms with E-state index in [0.29, 0.717) is 39.7 Å². The lowest BCUT2D eigenvalue weighted by molar-refractivity contribution is -0.118. The summed E-state index contributed by atoms with van der Waals surface area (Å²) >= 11 is 0. The first-order valence-corrected chi connectivity index (χ1v) is 10.4. The summed E-state index contributed by atoms with van der Waals surface area (Å²) in [4.78, 5) is 25.2. The molecule has 0 unspecified atom stereocenters. The van der Waals surface area contributed by atoms with Crippen LogP contribution in [0.25, 0.3) is 11.0 Å². The molecular weight excluding hydrogens is 438 g/mol. The number of hydrogen-bond acceptors (Lipinski definition) is 7. The van der Waals surface area contributed by atoms with Gasteiger partial charge in [-0.15, -0.1) is 0 Å². The molecule has 0 atom stereocenters. The van der Waals surface area contributed by atoms with Crippen LogP contribution in [0, 0.1) is 6.92 Å². The predicted octanol–water partition coefficient (Wildman–Crippen LogP) is 4.93. The maximum absolute atomic E-state index is 12.8. The lowest BCUT2D eigenvalue weighted by Gasteiger charge is -2.12. The van der Waals surface area contributed by atoms with Crippen LogP contribution in [0.3, 0.4) is 0 Å². The number of methoxy groups -OCH3 is 2. The highest BCUT2D eigenvalue weighted by atomic mass is 16.5. The first kappa shape index (κ1) is 22.7. The minimum Gasteiger partial charge on any atom is -0.497 e. The summed E-state index contributed by atoms with van der Waals surface area (Å²) < 4.78 is 27.3. The van der Waals surface area contributed by atoms with Gasteiger partial charge in [0.05, 0.1) is 25.3 Å². The Morgan fingerprint density at radius 3 is 2.35 bits per heavy atom. The SMILES string of the molecule is COc1ccc(OC)c(NC(=O)COc2ccc3c(=O)c(Oc4ccc(C)cc4)coc3c2)c1. The van der Waals surface area contributed by atoms with Crippen LogP contribution in [-0.4, -0.2) is 26.7 Å². The van der Waals surface area contributed by atoms with E-state index in [1.54, 1.807) is 48.5 Å². The van der Waals surface area contributed by atoms with Crippen molar-refractivity contribution >= 4 is 22.6 Å². The van der Waals surface area contributed by atoms with Crippen molar-refractivity contribution in [1.29, 1.82) is 0 Å². The summed E-state index contributed by atoms with van der Waals surface area (Å²) in [6.45, 7) is 1.71. The Morgan fingerprint density at radius 2 is 1.62 bits per heavy atom. The lowest BCUT2D eigenvalue weighted by Crippen LogP contribution is -2.20. The number of aryl methyl sites for hydroxylation is 1. The second-order valence-corrected chi connectivity index (χ2v) is 7.41. The molecule has 8 heteroatoms. The van der Waals surface area contributed by atoms with Gasteiger partial charge in [-0.3, -0.25) is 9.59 Å². The van der Waals surface area contributed by atoms with Crippen molar-refractivity contribution in [3.8, 4) is 28.7 Å². The Labute approximate surface area is 195 Å². The molecule has 1 heterocycles. The van der Waals surface area contributed by atoms with Gasteiger partial charge in [0, 0.05) is 12.1 Å². The summed E-state index contributed by atoms with van der Waals surface area (Å²) in [5, 5.41) is 3.06. The number of benzene rings is 3. The average molecular weight is 461 g/mol. The molecule has 1 amide bonds. The van der Waals surface area contributed by atoms with E-state index in [1.807, 2.05) is 19.1 Å². The smallest absolute Gasteiger partial charge is 0.262 e. The highest BCUT2D eigenvalue weighted by Crippen LogP contribution is 2.29. The molecule has 0 aliphatic rings. The van der Waals surface area contributed by atoms with Crippen LogP contribution >= 0.6 is 0 Å². The van der Waals surface area contributed by atoms with Crippen molar-refractivity contribution in [2.45, 2.75) is 6.92 Å². The molecule has 0 aliphatic carbocycles. The zero-order valence-corrected chi connectivity index (χ0v) is 18.9. The molecule has 4 rings (SSSR count). The Morgan fingerprint density at radius 1 is 0.882 bits per heavy atom. The Hall–Kier alpha value is -4.46. The first-order chi connectivity index (χ1) is 16.5. The fourth-order valence-corrected chi connectivity index (χ4v) is 3.23. The van der Waals surface area contributed by atoms with Gasteiger partial charge in [-0.25, -0.2) is 0 Å². The summed E-state index contributed by atoms with van der Waals surface area (Å²) in [5.74, 6) is 1.66. The van der Waals surface area contributed by atoms with Gasteiger partial charge >= 0.3 is 0 Å². The molecule has 1 N–H and O–H groups in total. The average Bonchev–Trinajstić information content (AvgIpc) is 2.85. The normalized spacial score (nSPS) is 10.6. The first-order valence-electron chi connectivity index (χ1n) is 10.4. The molecule has 1 aromatic heterocycles. The van der Waals surface area contributed by atoms with Crippen molar-refractivity contribution in [3.05, 3.63) is 82.7 Å². The van der Waals surface area contributed by atoms with E-state index in [1.165, 1.54) is 20.5 Å². The van der Waals surface area contributed by atoms with E-state index in [9.17, 15) is 9.59 Å². The zero-order valence-electron chi connectivity index (χ0n) is 18.9. The Bertz CT molecular complexity index is 1380. The minimum absolute atomic E-state index is 0.0802. The molecular formula is C26H23NO7. The standard InChI is InChI=1S/C26H23NO7/c1-16-4-6-17(7-5-16)34-24-14-33-23-13-19(8-10-20(23)26(24)29)32-15-25(28)27-21-12-18(30-2)9-11-22(21)31-3/h4-14H,15H2,1-3H3,(H,27,28). The second-order valence-electron chi connectivity index (χ2n) is 7.41. The maximum Gasteiger partial charge on any atom is 0.262 e. The molecule has 0 spiro atoms. The number of nitrogens with one attached hydrogen (secondary N) is 1. The highest BCUT2D eigenvalue weighted by molar-refractivity contribution is 5.93. The molecule has 34 heavy (non-hydrogen) atoms. The van der Waals surface area contributed by atoms with Crippen LogP contribution in [0.4, 0.5) is 5.69 Å². The third kappa shape index (κ3) is 5.12. The van der Waals surface area contributed by atoms with Crippen LogP contribution in [0.5, 0.6) is 28.7 Å². The van der Waals surface area contributed by atoms with Gasteiger partial charge in [0.25, 0.3) is 5.91 Å².